The van der Waals surface area contributed by atoms with Crippen LogP contribution in [0.2, 0.25) is 5.02 Å². The number of aromatic nitrogens is 4. The minimum Gasteiger partial charge on any atom is -0.276 e. The number of rotatable bonds is 4. The van der Waals surface area contributed by atoms with Crippen LogP contribution in [0.15, 0.2) is 46.0 Å². The van der Waals surface area contributed by atoms with Crippen molar-refractivity contribution in [2.24, 2.45) is 0 Å². The molecule has 6 nitrogen and oxygen atoms in total. The first-order valence-electron chi connectivity index (χ1n) is 9.28. The standard InChI is InChI=1S/C21H21ClN4O2/c1-4-9-24-19(27)17-8-7-16(22)11-18(17)26-20(24)23-25(21(26)28)12-15-10-13(2)5-6-14(15)3/h5-8,10-11H,4,9,12H2,1-3H3. The molecule has 0 unspecified atom stereocenters. The summed E-state index contributed by atoms with van der Waals surface area (Å²) >= 11 is 6.15. The van der Waals surface area contributed by atoms with Gasteiger partial charge in [-0.2, -0.15) is 0 Å². The number of fused-ring (bicyclic) bond motifs is 3. The second-order valence-corrected chi connectivity index (χ2v) is 7.56. The minimum absolute atomic E-state index is 0.162. The van der Waals surface area contributed by atoms with Gasteiger partial charge < -0.3 is 0 Å². The van der Waals surface area contributed by atoms with Gasteiger partial charge in [-0.1, -0.05) is 42.3 Å². The molecule has 0 N–H and O–H groups in total. The van der Waals surface area contributed by atoms with Crippen molar-refractivity contribution < 1.29 is 0 Å². The van der Waals surface area contributed by atoms with Crippen LogP contribution in [0.1, 0.15) is 30.0 Å². The molecular weight excluding hydrogens is 376 g/mol. The highest BCUT2D eigenvalue weighted by molar-refractivity contribution is 6.31. The van der Waals surface area contributed by atoms with Crippen LogP contribution in [0.25, 0.3) is 16.7 Å². The zero-order valence-electron chi connectivity index (χ0n) is 16.1. The smallest absolute Gasteiger partial charge is 0.276 e. The van der Waals surface area contributed by atoms with Gasteiger partial charge in [0.05, 0.1) is 17.4 Å². The highest BCUT2D eigenvalue weighted by atomic mass is 35.5. The van der Waals surface area contributed by atoms with Crippen molar-refractivity contribution in [2.75, 3.05) is 0 Å². The Morgan fingerprint density at radius 2 is 1.86 bits per heavy atom. The highest BCUT2D eigenvalue weighted by Crippen LogP contribution is 2.18. The van der Waals surface area contributed by atoms with E-state index in [1.54, 1.807) is 22.8 Å². The average Bonchev–Trinajstić information content (AvgIpc) is 2.98. The molecule has 2 aromatic heterocycles. The maximum atomic E-state index is 13.2. The van der Waals surface area contributed by atoms with Crippen LogP contribution in [0.5, 0.6) is 0 Å². The third-order valence-electron chi connectivity index (χ3n) is 5.01. The van der Waals surface area contributed by atoms with E-state index in [-0.39, 0.29) is 11.2 Å². The van der Waals surface area contributed by atoms with E-state index in [1.807, 2.05) is 32.9 Å². The van der Waals surface area contributed by atoms with E-state index in [0.29, 0.717) is 34.8 Å². The molecule has 0 saturated carbocycles. The van der Waals surface area contributed by atoms with Crippen molar-refractivity contribution in [1.29, 1.82) is 0 Å². The Balaban J connectivity index is 2.04. The van der Waals surface area contributed by atoms with Gasteiger partial charge in [-0.25, -0.2) is 13.9 Å². The lowest BCUT2D eigenvalue weighted by Crippen LogP contribution is -2.26. The molecule has 0 radical (unpaired) electrons. The topological polar surface area (TPSA) is 61.3 Å². The lowest BCUT2D eigenvalue weighted by molar-refractivity contribution is 0.638. The summed E-state index contributed by atoms with van der Waals surface area (Å²) in [5.74, 6) is 0.344. The first-order chi connectivity index (χ1) is 13.4. The molecule has 2 aromatic carbocycles. The van der Waals surface area contributed by atoms with Crippen LogP contribution >= 0.6 is 11.6 Å². The van der Waals surface area contributed by atoms with Crippen LogP contribution in [-0.4, -0.2) is 18.7 Å². The molecule has 0 bridgehead atoms. The van der Waals surface area contributed by atoms with Crippen molar-refractivity contribution in [1.82, 2.24) is 18.7 Å². The lowest BCUT2D eigenvalue weighted by atomic mass is 10.1. The van der Waals surface area contributed by atoms with E-state index >= 15 is 0 Å². The largest absolute Gasteiger partial charge is 0.352 e. The first-order valence-corrected chi connectivity index (χ1v) is 9.66. The third kappa shape index (κ3) is 2.94. The predicted molar refractivity (Wildman–Crippen MR) is 112 cm³/mol. The summed E-state index contributed by atoms with van der Waals surface area (Å²) in [5, 5.41) is 5.45. The summed E-state index contributed by atoms with van der Waals surface area (Å²) in [6.45, 7) is 6.85. The molecule has 0 aliphatic heterocycles. The fraction of sp³-hybridized carbons (Fsp3) is 0.286. The van der Waals surface area contributed by atoms with E-state index in [1.165, 1.54) is 9.08 Å². The predicted octanol–water partition coefficient (Wildman–Crippen LogP) is 3.54. The van der Waals surface area contributed by atoms with Gasteiger partial charge in [0.15, 0.2) is 0 Å². The Labute approximate surface area is 166 Å². The van der Waals surface area contributed by atoms with Crippen molar-refractivity contribution in [2.45, 2.75) is 40.3 Å². The van der Waals surface area contributed by atoms with Gasteiger partial charge in [-0.15, -0.1) is 5.10 Å². The number of benzene rings is 2. The highest BCUT2D eigenvalue weighted by Gasteiger charge is 2.18. The Bertz CT molecular complexity index is 1330. The summed E-state index contributed by atoms with van der Waals surface area (Å²) in [7, 11) is 0. The average molecular weight is 397 g/mol. The van der Waals surface area contributed by atoms with Gasteiger partial charge in [0.1, 0.15) is 0 Å². The second-order valence-electron chi connectivity index (χ2n) is 7.12. The summed E-state index contributed by atoms with van der Waals surface area (Å²) in [6.07, 6.45) is 0.757. The molecule has 28 heavy (non-hydrogen) atoms. The second kappa shape index (κ2) is 6.95. The summed E-state index contributed by atoms with van der Waals surface area (Å²) < 4.78 is 4.48. The summed E-state index contributed by atoms with van der Waals surface area (Å²) in [4.78, 5) is 26.2. The van der Waals surface area contributed by atoms with E-state index in [9.17, 15) is 9.59 Å². The molecule has 0 spiro atoms. The first kappa shape index (κ1) is 18.5. The van der Waals surface area contributed by atoms with Crippen molar-refractivity contribution in [3.05, 3.63) is 78.9 Å². The number of nitrogens with zero attached hydrogens (tertiary/aromatic N) is 4. The minimum atomic E-state index is -0.284. The van der Waals surface area contributed by atoms with Gasteiger partial charge in [0.25, 0.3) is 5.56 Å². The van der Waals surface area contributed by atoms with E-state index in [4.69, 9.17) is 11.6 Å². The maximum Gasteiger partial charge on any atom is 0.352 e. The number of hydrogen-bond donors (Lipinski definition) is 0. The molecule has 2 heterocycles. The Kier molecular flexibility index (Phi) is 4.59. The monoisotopic (exact) mass is 396 g/mol. The Morgan fingerprint density at radius 1 is 1.07 bits per heavy atom. The molecular formula is C21H21ClN4O2. The summed E-state index contributed by atoms with van der Waals surface area (Å²) in [6, 6.07) is 11.1. The number of halogens is 1. The van der Waals surface area contributed by atoms with E-state index in [0.717, 1.165) is 23.1 Å². The number of hydrogen-bond acceptors (Lipinski definition) is 3. The molecule has 0 aliphatic carbocycles. The lowest BCUT2D eigenvalue weighted by Gasteiger charge is -2.08. The maximum absolute atomic E-state index is 13.2. The van der Waals surface area contributed by atoms with E-state index < -0.39 is 0 Å². The normalized spacial score (nSPS) is 11.6. The Morgan fingerprint density at radius 3 is 2.61 bits per heavy atom. The van der Waals surface area contributed by atoms with Crippen molar-refractivity contribution >= 4 is 28.3 Å². The zero-order valence-corrected chi connectivity index (χ0v) is 16.8. The van der Waals surface area contributed by atoms with Crippen LogP contribution < -0.4 is 11.2 Å². The molecule has 0 atom stereocenters. The van der Waals surface area contributed by atoms with Crippen LogP contribution in [-0.2, 0) is 13.1 Å². The third-order valence-corrected chi connectivity index (χ3v) is 5.25. The van der Waals surface area contributed by atoms with Crippen LogP contribution in [0.4, 0.5) is 0 Å². The van der Waals surface area contributed by atoms with Gasteiger partial charge in [0, 0.05) is 11.6 Å². The van der Waals surface area contributed by atoms with Crippen molar-refractivity contribution in [3.63, 3.8) is 0 Å². The van der Waals surface area contributed by atoms with Crippen LogP contribution in [0.3, 0.4) is 0 Å². The molecule has 4 aromatic rings. The van der Waals surface area contributed by atoms with Gasteiger partial charge >= 0.3 is 5.69 Å². The molecule has 0 saturated heterocycles. The summed E-state index contributed by atoms with van der Waals surface area (Å²) in [5.41, 5.74) is 3.28. The Hall–Kier alpha value is -2.86. The molecule has 0 fully saturated rings. The van der Waals surface area contributed by atoms with Gasteiger partial charge in [-0.3, -0.25) is 9.36 Å². The quantitative estimate of drug-likeness (QED) is 0.530. The van der Waals surface area contributed by atoms with Crippen molar-refractivity contribution in [3.8, 4) is 0 Å². The molecule has 7 heteroatoms. The molecule has 4 rings (SSSR count). The fourth-order valence-electron chi connectivity index (χ4n) is 3.55. The molecule has 144 valence electrons. The molecule has 0 aliphatic rings. The van der Waals surface area contributed by atoms with E-state index in [2.05, 4.69) is 11.2 Å². The fourth-order valence-corrected chi connectivity index (χ4v) is 3.72. The van der Waals surface area contributed by atoms with Crippen LogP contribution in [0, 0.1) is 13.8 Å². The molecule has 0 amide bonds. The SMILES string of the molecule is CCCn1c(=O)c2ccc(Cl)cc2n2c(=O)n(Cc3cc(C)ccc3C)nc12. The zero-order chi connectivity index (χ0) is 20.0. The number of aryl methyl sites for hydroxylation is 3. The van der Waals surface area contributed by atoms with Gasteiger partial charge in [-0.05, 0) is 49.6 Å². The van der Waals surface area contributed by atoms with Gasteiger partial charge in [0.2, 0.25) is 5.78 Å².